The highest BCUT2D eigenvalue weighted by Crippen LogP contribution is 2.15. The van der Waals surface area contributed by atoms with Gasteiger partial charge in [0.25, 0.3) is 0 Å². The van der Waals surface area contributed by atoms with Crippen LogP contribution < -0.4 is 0 Å². The highest BCUT2D eigenvalue weighted by atomic mass is 32.2. The average Bonchev–Trinajstić information content (AvgIpc) is 2.26. The lowest BCUT2D eigenvalue weighted by atomic mass is 10.1. The van der Waals surface area contributed by atoms with Crippen molar-refractivity contribution in [3.05, 3.63) is 35.4 Å². The molecule has 1 rings (SSSR count). The highest BCUT2D eigenvalue weighted by molar-refractivity contribution is 8.00. The summed E-state index contributed by atoms with van der Waals surface area (Å²) >= 11 is 1.73. The molecule has 0 aliphatic heterocycles. The van der Waals surface area contributed by atoms with Crippen molar-refractivity contribution in [1.29, 1.82) is 0 Å². The van der Waals surface area contributed by atoms with Gasteiger partial charge in [-0.15, -0.1) is 0 Å². The van der Waals surface area contributed by atoms with Crippen LogP contribution in [0.4, 0.5) is 0 Å². The van der Waals surface area contributed by atoms with Crippen LogP contribution in [-0.2, 0) is 0 Å². The lowest BCUT2D eigenvalue weighted by Gasteiger charge is -2.07. The van der Waals surface area contributed by atoms with Gasteiger partial charge in [-0.2, -0.15) is 11.8 Å². The number of hydrogen-bond acceptors (Lipinski definition) is 2. The van der Waals surface area contributed by atoms with Crippen LogP contribution in [0, 0.1) is 6.92 Å². The summed E-state index contributed by atoms with van der Waals surface area (Å²) in [6.45, 7) is 6.34. The molecule has 0 aliphatic carbocycles. The minimum Gasteiger partial charge on any atom is -0.293 e. The maximum Gasteiger partial charge on any atom is 0.172 e. The van der Waals surface area contributed by atoms with Crippen LogP contribution in [0.5, 0.6) is 0 Å². The molecule has 0 saturated carbocycles. The SMILES string of the molecule is CCC(C)SCC(=O)c1ccc(C)cc1. The van der Waals surface area contributed by atoms with E-state index < -0.39 is 0 Å². The molecule has 15 heavy (non-hydrogen) atoms. The fourth-order valence-corrected chi connectivity index (χ4v) is 2.00. The van der Waals surface area contributed by atoms with E-state index in [0.29, 0.717) is 11.0 Å². The lowest BCUT2D eigenvalue weighted by molar-refractivity contribution is 0.102. The number of aryl methyl sites for hydroxylation is 1. The number of hydrogen-bond donors (Lipinski definition) is 0. The Kier molecular flexibility index (Phi) is 4.89. The van der Waals surface area contributed by atoms with E-state index in [2.05, 4.69) is 13.8 Å². The first-order valence-corrected chi connectivity index (χ1v) is 6.39. The molecule has 0 N–H and O–H groups in total. The van der Waals surface area contributed by atoms with E-state index in [9.17, 15) is 4.79 Å². The number of carbonyl (C=O) groups is 1. The summed E-state index contributed by atoms with van der Waals surface area (Å²) in [6.07, 6.45) is 1.12. The van der Waals surface area contributed by atoms with Gasteiger partial charge in [-0.05, 0) is 13.3 Å². The van der Waals surface area contributed by atoms with Crippen molar-refractivity contribution in [3.8, 4) is 0 Å². The standard InChI is InChI=1S/C13H18OS/c1-4-11(3)15-9-13(14)12-7-5-10(2)6-8-12/h5-8,11H,4,9H2,1-3H3. The van der Waals surface area contributed by atoms with E-state index in [4.69, 9.17) is 0 Å². The molecular formula is C13H18OS. The molecule has 1 atom stereocenters. The first kappa shape index (κ1) is 12.3. The Morgan fingerprint density at radius 1 is 1.33 bits per heavy atom. The zero-order chi connectivity index (χ0) is 11.3. The van der Waals surface area contributed by atoms with E-state index in [1.807, 2.05) is 31.2 Å². The van der Waals surface area contributed by atoms with Crippen LogP contribution in [-0.4, -0.2) is 16.8 Å². The topological polar surface area (TPSA) is 17.1 Å². The molecule has 0 aromatic heterocycles. The minimum absolute atomic E-state index is 0.236. The second-order valence-electron chi connectivity index (χ2n) is 3.82. The summed E-state index contributed by atoms with van der Waals surface area (Å²) in [5.74, 6) is 0.832. The predicted octanol–water partition coefficient (Wildman–Crippen LogP) is 3.71. The van der Waals surface area contributed by atoms with E-state index in [-0.39, 0.29) is 5.78 Å². The summed E-state index contributed by atoms with van der Waals surface area (Å²) in [5, 5.41) is 0.569. The molecule has 0 fully saturated rings. The number of thioether (sulfide) groups is 1. The van der Waals surface area contributed by atoms with Crippen molar-refractivity contribution < 1.29 is 4.79 Å². The monoisotopic (exact) mass is 222 g/mol. The molecule has 0 spiro atoms. The first-order chi connectivity index (χ1) is 7.13. The maximum absolute atomic E-state index is 11.8. The fourth-order valence-electron chi connectivity index (χ4n) is 1.16. The van der Waals surface area contributed by atoms with Gasteiger partial charge in [-0.3, -0.25) is 4.79 Å². The number of ketones is 1. The summed E-state index contributed by atoms with van der Waals surface area (Å²) in [7, 11) is 0. The molecule has 1 unspecified atom stereocenters. The Balaban J connectivity index is 2.50. The van der Waals surface area contributed by atoms with Crippen LogP contribution in [0.15, 0.2) is 24.3 Å². The number of benzene rings is 1. The maximum atomic E-state index is 11.8. The molecule has 1 nitrogen and oxygen atoms in total. The fraction of sp³-hybridized carbons (Fsp3) is 0.462. The molecule has 0 aliphatic rings. The summed E-state index contributed by atoms with van der Waals surface area (Å²) in [6, 6.07) is 7.80. The normalized spacial score (nSPS) is 12.5. The van der Waals surface area contributed by atoms with E-state index in [1.54, 1.807) is 11.8 Å². The molecule has 0 saturated heterocycles. The Morgan fingerprint density at radius 2 is 1.93 bits per heavy atom. The molecule has 0 bridgehead atoms. The smallest absolute Gasteiger partial charge is 0.172 e. The summed E-state index contributed by atoms with van der Waals surface area (Å²) < 4.78 is 0. The van der Waals surface area contributed by atoms with Crippen molar-refractivity contribution in [3.63, 3.8) is 0 Å². The second-order valence-corrected chi connectivity index (χ2v) is 5.25. The van der Waals surface area contributed by atoms with Gasteiger partial charge in [-0.1, -0.05) is 43.7 Å². The largest absolute Gasteiger partial charge is 0.293 e. The molecule has 0 heterocycles. The van der Waals surface area contributed by atoms with Gasteiger partial charge in [0.15, 0.2) is 5.78 Å². The van der Waals surface area contributed by atoms with Crippen LogP contribution in [0.2, 0.25) is 0 Å². The summed E-state index contributed by atoms with van der Waals surface area (Å²) in [5.41, 5.74) is 2.03. The van der Waals surface area contributed by atoms with E-state index in [1.165, 1.54) is 5.56 Å². The Labute approximate surface area is 96.3 Å². The van der Waals surface area contributed by atoms with Crippen LogP contribution >= 0.6 is 11.8 Å². The summed E-state index contributed by atoms with van der Waals surface area (Å²) in [4.78, 5) is 11.8. The Morgan fingerprint density at radius 3 is 2.47 bits per heavy atom. The lowest BCUT2D eigenvalue weighted by Crippen LogP contribution is -2.05. The van der Waals surface area contributed by atoms with Crippen molar-refractivity contribution >= 4 is 17.5 Å². The van der Waals surface area contributed by atoms with Crippen LogP contribution in [0.3, 0.4) is 0 Å². The third-order valence-electron chi connectivity index (χ3n) is 2.45. The average molecular weight is 222 g/mol. The number of carbonyl (C=O) groups excluding carboxylic acids is 1. The van der Waals surface area contributed by atoms with Crippen LogP contribution in [0.25, 0.3) is 0 Å². The zero-order valence-electron chi connectivity index (χ0n) is 9.62. The predicted molar refractivity (Wildman–Crippen MR) is 67.7 cm³/mol. The molecule has 82 valence electrons. The van der Waals surface area contributed by atoms with Crippen molar-refractivity contribution in [2.75, 3.05) is 5.75 Å². The number of Topliss-reactive ketones (excluding diaryl/α,β-unsaturated/α-hetero) is 1. The first-order valence-electron chi connectivity index (χ1n) is 5.35. The van der Waals surface area contributed by atoms with Crippen molar-refractivity contribution in [2.45, 2.75) is 32.4 Å². The Bertz CT molecular complexity index is 316. The van der Waals surface area contributed by atoms with Gasteiger partial charge in [0, 0.05) is 10.8 Å². The van der Waals surface area contributed by atoms with Gasteiger partial charge >= 0.3 is 0 Å². The van der Waals surface area contributed by atoms with Gasteiger partial charge in [0.1, 0.15) is 0 Å². The quantitative estimate of drug-likeness (QED) is 0.706. The third kappa shape index (κ3) is 4.08. The molecule has 0 amide bonds. The van der Waals surface area contributed by atoms with Gasteiger partial charge in [-0.25, -0.2) is 0 Å². The molecular weight excluding hydrogens is 204 g/mol. The second kappa shape index (κ2) is 5.96. The Hall–Kier alpha value is -0.760. The van der Waals surface area contributed by atoms with Gasteiger partial charge in [0.05, 0.1) is 5.75 Å². The molecule has 1 aromatic rings. The van der Waals surface area contributed by atoms with Crippen molar-refractivity contribution in [2.24, 2.45) is 0 Å². The van der Waals surface area contributed by atoms with Crippen LogP contribution in [0.1, 0.15) is 36.2 Å². The van der Waals surface area contributed by atoms with Gasteiger partial charge < -0.3 is 0 Å². The van der Waals surface area contributed by atoms with Gasteiger partial charge in [0.2, 0.25) is 0 Å². The zero-order valence-corrected chi connectivity index (χ0v) is 10.4. The molecule has 2 heteroatoms. The highest BCUT2D eigenvalue weighted by Gasteiger charge is 2.07. The van der Waals surface area contributed by atoms with Crippen molar-refractivity contribution in [1.82, 2.24) is 0 Å². The van der Waals surface area contributed by atoms with E-state index >= 15 is 0 Å². The molecule has 1 aromatic carbocycles. The third-order valence-corrected chi connectivity index (χ3v) is 3.78. The minimum atomic E-state index is 0.236. The number of rotatable bonds is 5. The molecule has 0 radical (unpaired) electrons. The van der Waals surface area contributed by atoms with E-state index in [0.717, 1.165) is 12.0 Å².